The third-order valence-electron chi connectivity index (χ3n) is 4.77. The van der Waals surface area contributed by atoms with E-state index in [4.69, 9.17) is 14.0 Å². The number of aromatic nitrogens is 2. The number of piperidine rings is 1. The van der Waals surface area contributed by atoms with Crippen LogP contribution in [-0.2, 0) is 4.79 Å². The number of carbonyl (C=O) groups is 1. The second kappa shape index (κ2) is 9.39. The van der Waals surface area contributed by atoms with Crippen molar-refractivity contribution in [1.29, 1.82) is 0 Å². The highest BCUT2D eigenvalue weighted by molar-refractivity contribution is 5.92. The summed E-state index contributed by atoms with van der Waals surface area (Å²) in [5.41, 5.74) is 0.894. The van der Waals surface area contributed by atoms with E-state index in [9.17, 15) is 4.79 Å². The number of benzene rings is 1. The van der Waals surface area contributed by atoms with Gasteiger partial charge in [-0.15, -0.1) is 0 Å². The Bertz CT molecular complexity index is 823. The van der Waals surface area contributed by atoms with Crippen LogP contribution in [0.15, 0.2) is 28.8 Å². The van der Waals surface area contributed by atoms with Crippen molar-refractivity contribution < 1.29 is 18.8 Å². The third-order valence-corrected chi connectivity index (χ3v) is 4.77. The molecular weight excluding hydrogens is 358 g/mol. The molecule has 7 nitrogen and oxygen atoms in total. The second-order valence-electron chi connectivity index (χ2n) is 6.87. The molecule has 1 aliphatic heterocycles. The molecule has 0 atom stereocenters. The van der Waals surface area contributed by atoms with Gasteiger partial charge in [-0.3, -0.25) is 4.79 Å². The number of nitrogens with zero attached hydrogens (tertiary/aromatic N) is 3. The number of hydrogen-bond acceptors (Lipinski definition) is 6. The van der Waals surface area contributed by atoms with Crippen molar-refractivity contribution in [2.45, 2.75) is 39.0 Å². The predicted molar refractivity (Wildman–Crippen MR) is 105 cm³/mol. The Morgan fingerprint density at radius 2 is 2.11 bits per heavy atom. The molecule has 0 bridgehead atoms. The summed E-state index contributed by atoms with van der Waals surface area (Å²) in [5, 5.41) is 3.85. The molecule has 7 heteroatoms. The first kappa shape index (κ1) is 19.9. The second-order valence-corrected chi connectivity index (χ2v) is 6.87. The van der Waals surface area contributed by atoms with Gasteiger partial charge in [-0.05, 0) is 50.0 Å². The maximum Gasteiger partial charge on any atom is 0.246 e. The normalized spacial score (nSPS) is 15.2. The molecule has 150 valence electrons. The van der Waals surface area contributed by atoms with Gasteiger partial charge < -0.3 is 18.9 Å². The molecule has 2 aromatic rings. The van der Waals surface area contributed by atoms with E-state index in [1.54, 1.807) is 13.2 Å². The molecule has 0 aliphatic carbocycles. The van der Waals surface area contributed by atoms with E-state index in [0.717, 1.165) is 24.8 Å². The number of ether oxygens (including phenoxy) is 2. The lowest BCUT2D eigenvalue weighted by Crippen LogP contribution is -2.36. The van der Waals surface area contributed by atoms with Crippen molar-refractivity contribution in [3.8, 4) is 11.5 Å². The van der Waals surface area contributed by atoms with Crippen molar-refractivity contribution in [1.82, 2.24) is 15.0 Å². The summed E-state index contributed by atoms with van der Waals surface area (Å²) in [6.07, 6.45) is 6.01. The molecule has 0 spiro atoms. The number of amides is 1. The monoisotopic (exact) mass is 385 g/mol. The van der Waals surface area contributed by atoms with E-state index in [-0.39, 0.29) is 11.8 Å². The lowest BCUT2D eigenvalue weighted by Gasteiger charge is -2.29. The first-order chi connectivity index (χ1) is 13.6. The van der Waals surface area contributed by atoms with Crippen molar-refractivity contribution in [3.05, 3.63) is 41.6 Å². The molecular formula is C21H27N3O4. The van der Waals surface area contributed by atoms with Gasteiger partial charge in [0.15, 0.2) is 17.3 Å². The Labute approximate surface area is 165 Å². The fourth-order valence-corrected chi connectivity index (χ4v) is 3.22. The summed E-state index contributed by atoms with van der Waals surface area (Å²) < 4.78 is 16.3. The van der Waals surface area contributed by atoms with Gasteiger partial charge in [0.2, 0.25) is 11.8 Å². The minimum absolute atomic E-state index is 0.00503. The van der Waals surface area contributed by atoms with E-state index in [2.05, 4.69) is 17.1 Å². The Balaban J connectivity index is 1.56. The Morgan fingerprint density at radius 1 is 1.32 bits per heavy atom. The summed E-state index contributed by atoms with van der Waals surface area (Å²) in [5.74, 6) is 2.94. The molecule has 1 fully saturated rings. The standard InChI is InChI=1S/C21H27N3O4/c1-4-13-27-18-7-5-16(14-19(18)26-3)6-8-20(25)24-11-9-17(10-12-24)21-22-15(2)23-28-21/h5-8,14,17H,4,9-13H2,1-3H3/b8-6+. The Kier molecular flexibility index (Phi) is 6.68. The molecule has 1 aliphatic rings. The molecule has 0 radical (unpaired) electrons. The molecule has 1 saturated heterocycles. The first-order valence-electron chi connectivity index (χ1n) is 9.68. The van der Waals surface area contributed by atoms with Crippen LogP contribution in [-0.4, -0.2) is 47.8 Å². The quantitative estimate of drug-likeness (QED) is 0.678. The van der Waals surface area contributed by atoms with Gasteiger partial charge in [-0.2, -0.15) is 4.98 Å². The van der Waals surface area contributed by atoms with Crippen LogP contribution < -0.4 is 9.47 Å². The van der Waals surface area contributed by atoms with Crippen LogP contribution in [0.2, 0.25) is 0 Å². The van der Waals surface area contributed by atoms with Crippen LogP contribution in [0.4, 0.5) is 0 Å². The van der Waals surface area contributed by atoms with E-state index in [0.29, 0.717) is 42.9 Å². The highest BCUT2D eigenvalue weighted by atomic mass is 16.5. The number of rotatable bonds is 7. The summed E-state index contributed by atoms with van der Waals surface area (Å²) in [4.78, 5) is 18.7. The fraction of sp³-hybridized carbons (Fsp3) is 0.476. The molecule has 2 heterocycles. The van der Waals surface area contributed by atoms with Crippen LogP contribution in [0.1, 0.15) is 49.4 Å². The SMILES string of the molecule is CCCOc1ccc(/C=C/C(=O)N2CCC(c3nc(C)no3)CC2)cc1OC. The summed E-state index contributed by atoms with van der Waals surface area (Å²) in [7, 11) is 1.61. The summed E-state index contributed by atoms with van der Waals surface area (Å²) in [6, 6.07) is 5.66. The third kappa shape index (κ3) is 4.91. The zero-order valence-electron chi connectivity index (χ0n) is 16.7. The minimum atomic E-state index is 0.00503. The van der Waals surface area contributed by atoms with Crippen molar-refractivity contribution in [2.75, 3.05) is 26.8 Å². The van der Waals surface area contributed by atoms with Gasteiger partial charge in [0.25, 0.3) is 0 Å². The molecule has 0 saturated carbocycles. The molecule has 0 N–H and O–H groups in total. The number of carbonyl (C=O) groups excluding carboxylic acids is 1. The number of likely N-dealkylation sites (tertiary alicyclic amines) is 1. The molecule has 1 aromatic heterocycles. The Morgan fingerprint density at radius 3 is 2.75 bits per heavy atom. The average Bonchev–Trinajstić information content (AvgIpc) is 3.17. The lowest BCUT2D eigenvalue weighted by atomic mass is 9.96. The number of aryl methyl sites for hydroxylation is 1. The molecule has 1 amide bonds. The van der Waals surface area contributed by atoms with Crippen molar-refractivity contribution in [2.24, 2.45) is 0 Å². The number of hydrogen-bond donors (Lipinski definition) is 0. The molecule has 1 aromatic carbocycles. The van der Waals surface area contributed by atoms with Crippen LogP contribution >= 0.6 is 0 Å². The molecule has 28 heavy (non-hydrogen) atoms. The summed E-state index contributed by atoms with van der Waals surface area (Å²) >= 11 is 0. The van der Waals surface area contributed by atoms with Crippen LogP contribution in [0.3, 0.4) is 0 Å². The predicted octanol–water partition coefficient (Wildman–Crippen LogP) is 3.59. The molecule has 3 rings (SSSR count). The van der Waals surface area contributed by atoms with Crippen LogP contribution in [0, 0.1) is 6.92 Å². The average molecular weight is 385 g/mol. The van der Waals surface area contributed by atoms with Crippen LogP contribution in [0.25, 0.3) is 6.08 Å². The highest BCUT2D eigenvalue weighted by Crippen LogP contribution is 2.29. The van der Waals surface area contributed by atoms with E-state index in [1.807, 2.05) is 36.1 Å². The topological polar surface area (TPSA) is 77.7 Å². The molecule has 0 unspecified atom stereocenters. The van der Waals surface area contributed by atoms with Crippen LogP contribution in [0.5, 0.6) is 11.5 Å². The van der Waals surface area contributed by atoms with E-state index < -0.39 is 0 Å². The zero-order valence-corrected chi connectivity index (χ0v) is 16.7. The van der Waals surface area contributed by atoms with Gasteiger partial charge in [0, 0.05) is 25.1 Å². The number of methoxy groups -OCH3 is 1. The van der Waals surface area contributed by atoms with E-state index >= 15 is 0 Å². The lowest BCUT2D eigenvalue weighted by molar-refractivity contribution is -0.127. The smallest absolute Gasteiger partial charge is 0.246 e. The largest absolute Gasteiger partial charge is 0.493 e. The highest BCUT2D eigenvalue weighted by Gasteiger charge is 2.26. The maximum atomic E-state index is 12.5. The first-order valence-corrected chi connectivity index (χ1v) is 9.68. The van der Waals surface area contributed by atoms with Gasteiger partial charge in [-0.1, -0.05) is 18.1 Å². The maximum absolute atomic E-state index is 12.5. The summed E-state index contributed by atoms with van der Waals surface area (Å²) in [6.45, 7) is 5.88. The van der Waals surface area contributed by atoms with Crippen molar-refractivity contribution in [3.63, 3.8) is 0 Å². The minimum Gasteiger partial charge on any atom is -0.493 e. The van der Waals surface area contributed by atoms with Gasteiger partial charge in [0.1, 0.15) is 0 Å². The van der Waals surface area contributed by atoms with Gasteiger partial charge >= 0.3 is 0 Å². The van der Waals surface area contributed by atoms with Gasteiger partial charge in [0.05, 0.1) is 13.7 Å². The fourth-order valence-electron chi connectivity index (χ4n) is 3.22. The Hall–Kier alpha value is -2.83. The zero-order chi connectivity index (χ0) is 19.9. The van der Waals surface area contributed by atoms with Gasteiger partial charge in [-0.25, -0.2) is 0 Å². The van der Waals surface area contributed by atoms with E-state index in [1.165, 1.54) is 0 Å². The van der Waals surface area contributed by atoms with Crippen molar-refractivity contribution >= 4 is 12.0 Å².